The largest absolute Gasteiger partial charge is 0.464 e. The third-order valence-corrected chi connectivity index (χ3v) is 2.11. The van der Waals surface area contributed by atoms with E-state index >= 15 is 0 Å². The first-order chi connectivity index (χ1) is 9.31. The predicted molar refractivity (Wildman–Crippen MR) is 67.3 cm³/mol. The van der Waals surface area contributed by atoms with Gasteiger partial charge in [-0.05, 0) is 6.92 Å². The van der Waals surface area contributed by atoms with Crippen molar-refractivity contribution in [1.82, 2.24) is 29.9 Å². The lowest BCUT2D eigenvalue weighted by Gasteiger charge is -2.08. The van der Waals surface area contributed by atoms with Crippen molar-refractivity contribution in [3.05, 3.63) is 12.4 Å². The lowest BCUT2D eigenvalue weighted by molar-refractivity contribution is 0.312. The summed E-state index contributed by atoms with van der Waals surface area (Å²) in [5.74, 6) is 5.90. The molecule has 0 saturated heterocycles. The number of hydrogen-bond donors (Lipinski definition) is 3. The maximum Gasteiger partial charge on any atom is 0.323 e. The SMILES string of the molecule is CCOc1nc(NN)nc(NCCn2ccnn2)n1. The molecule has 102 valence electrons. The fraction of sp³-hybridized carbons (Fsp3) is 0.444. The average Bonchev–Trinajstić information content (AvgIpc) is 2.92. The minimum Gasteiger partial charge on any atom is -0.464 e. The number of nitrogen functional groups attached to an aromatic ring is 1. The zero-order valence-corrected chi connectivity index (χ0v) is 10.4. The van der Waals surface area contributed by atoms with E-state index in [9.17, 15) is 0 Å². The highest BCUT2D eigenvalue weighted by Gasteiger charge is 2.06. The fourth-order valence-electron chi connectivity index (χ4n) is 1.33. The maximum atomic E-state index is 5.28. The van der Waals surface area contributed by atoms with E-state index in [0.717, 1.165) is 0 Å². The van der Waals surface area contributed by atoms with Crippen LogP contribution in [0, 0.1) is 0 Å². The van der Waals surface area contributed by atoms with Crippen LogP contribution in [0.2, 0.25) is 0 Å². The summed E-state index contributed by atoms with van der Waals surface area (Å²) in [4.78, 5) is 12.1. The van der Waals surface area contributed by atoms with Crippen LogP contribution in [-0.4, -0.2) is 43.1 Å². The minimum absolute atomic E-state index is 0.216. The molecule has 4 N–H and O–H groups in total. The van der Waals surface area contributed by atoms with E-state index in [2.05, 4.69) is 36.0 Å². The van der Waals surface area contributed by atoms with Gasteiger partial charge in [0, 0.05) is 12.7 Å². The van der Waals surface area contributed by atoms with E-state index in [0.29, 0.717) is 25.6 Å². The number of ether oxygens (including phenoxy) is 1. The minimum atomic E-state index is 0.216. The molecule has 0 radical (unpaired) electrons. The van der Waals surface area contributed by atoms with Crippen molar-refractivity contribution >= 4 is 11.9 Å². The second-order valence-corrected chi connectivity index (χ2v) is 3.44. The first kappa shape index (κ1) is 13.0. The molecule has 0 unspecified atom stereocenters. The van der Waals surface area contributed by atoms with Crippen molar-refractivity contribution in [2.75, 3.05) is 23.9 Å². The summed E-state index contributed by atoms with van der Waals surface area (Å²) in [7, 11) is 0. The van der Waals surface area contributed by atoms with E-state index in [4.69, 9.17) is 10.6 Å². The zero-order chi connectivity index (χ0) is 13.5. The number of hydrogen-bond acceptors (Lipinski definition) is 9. The Hall–Kier alpha value is -2.49. The molecule has 10 nitrogen and oxygen atoms in total. The quantitative estimate of drug-likeness (QED) is 0.437. The van der Waals surface area contributed by atoms with Crippen LogP contribution >= 0.6 is 0 Å². The Morgan fingerprint density at radius 3 is 2.84 bits per heavy atom. The van der Waals surface area contributed by atoms with Crippen LogP contribution in [0.4, 0.5) is 11.9 Å². The van der Waals surface area contributed by atoms with Gasteiger partial charge in [-0.1, -0.05) is 5.21 Å². The second kappa shape index (κ2) is 6.44. The molecule has 0 fully saturated rings. The van der Waals surface area contributed by atoms with Gasteiger partial charge in [0.25, 0.3) is 0 Å². The van der Waals surface area contributed by atoms with Gasteiger partial charge in [0.1, 0.15) is 0 Å². The molecule has 0 aliphatic heterocycles. The standard InChI is InChI=1S/C9H15N9O/c1-2-19-9-14-7(13-8(15-9)16-10)11-3-5-18-6-4-12-17-18/h4,6H,2-3,5,10H2,1H3,(H2,11,13,14,15,16). The van der Waals surface area contributed by atoms with Crippen molar-refractivity contribution in [2.24, 2.45) is 5.84 Å². The smallest absolute Gasteiger partial charge is 0.323 e. The van der Waals surface area contributed by atoms with Crippen LogP contribution in [0.1, 0.15) is 6.92 Å². The van der Waals surface area contributed by atoms with E-state index in [1.807, 2.05) is 6.92 Å². The van der Waals surface area contributed by atoms with Gasteiger partial charge in [0.2, 0.25) is 11.9 Å². The van der Waals surface area contributed by atoms with Gasteiger partial charge < -0.3 is 10.1 Å². The van der Waals surface area contributed by atoms with Gasteiger partial charge in [-0.3, -0.25) is 10.1 Å². The van der Waals surface area contributed by atoms with E-state index in [1.54, 1.807) is 17.1 Å². The Balaban J connectivity index is 1.96. The van der Waals surface area contributed by atoms with Crippen LogP contribution < -0.4 is 21.3 Å². The predicted octanol–water partition coefficient (Wildman–Crippen LogP) is -0.740. The topological polar surface area (TPSA) is 129 Å². The van der Waals surface area contributed by atoms with Crippen molar-refractivity contribution < 1.29 is 4.74 Å². The number of nitrogens with two attached hydrogens (primary N) is 1. The first-order valence-electron chi connectivity index (χ1n) is 5.75. The maximum absolute atomic E-state index is 5.28. The molecule has 0 saturated carbocycles. The molecule has 2 heterocycles. The Morgan fingerprint density at radius 2 is 2.16 bits per heavy atom. The molecular weight excluding hydrogens is 250 g/mol. The third kappa shape index (κ3) is 3.74. The molecule has 0 spiro atoms. The molecule has 0 atom stereocenters. The molecule has 2 aromatic rings. The van der Waals surface area contributed by atoms with Gasteiger partial charge in [0.05, 0.1) is 19.3 Å². The molecule has 0 amide bonds. The third-order valence-electron chi connectivity index (χ3n) is 2.11. The summed E-state index contributed by atoms with van der Waals surface area (Å²) < 4.78 is 6.91. The Labute approximate surface area is 109 Å². The molecule has 0 aliphatic carbocycles. The Kier molecular flexibility index (Phi) is 4.39. The van der Waals surface area contributed by atoms with Gasteiger partial charge >= 0.3 is 6.01 Å². The van der Waals surface area contributed by atoms with Crippen molar-refractivity contribution in [3.8, 4) is 6.01 Å². The summed E-state index contributed by atoms with van der Waals surface area (Å²) in [5, 5.41) is 10.6. The molecule has 2 rings (SSSR count). The van der Waals surface area contributed by atoms with Crippen molar-refractivity contribution in [1.29, 1.82) is 0 Å². The average molecular weight is 265 g/mol. The number of nitrogens with one attached hydrogen (secondary N) is 2. The summed E-state index contributed by atoms with van der Waals surface area (Å²) in [6, 6.07) is 0.216. The normalized spacial score (nSPS) is 10.2. The van der Waals surface area contributed by atoms with Crippen LogP contribution in [0.15, 0.2) is 12.4 Å². The van der Waals surface area contributed by atoms with E-state index in [1.165, 1.54) is 0 Å². The number of hydrazine groups is 1. The van der Waals surface area contributed by atoms with Crippen LogP contribution in [0.3, 0.4) is 0 Å². The van der Waals surface area contributed by atoms with Crippen LogP contribution in [-0.2, 0) is 6.54 Å². The summed E-state index contributed by atoms with van der Waals surface area (Å²) >= 11 is 0. The number of nitrogens with zero attached hydrogens (tertiary/aromatic N) is 6. The fourth-order valence-corrected chi connectivity index (χ4v) is 1.33. The number of anilines is 2. The molecule has 10 heteroatoms. The first-order valence-corrected chi connectivity index (χ1v) is 5.75. The Morgan fingerprint density at radius 1 is 1.32 bits per heavy atom. The van der Waals surface area contributed by atoms with Crippen molar-refractivity contribution in [3.63, 3.8) is 0 Å². The zero-order valence-electron chi connectivity index (χ0n) is 10.4. The van der Waals surface area contributed by atoms with Gasteiger partial charge in [-0.15, -0.1) is 5.10 Å². The highest BCUT2D eigenvalue weighted by atomic mass is 16.5. The molecule has 0 aromatic carbocycles. The highest BCUT2D eigenvalue weighted by Crippen LogP contribution is 2.09. The molecule has 19 heavy (non-hydrogen) atoms. The molecular formula is C9H15N9O. The van der Waals surface area contributed by atoms with E-state index < -0.39 is 0 Å². The van der Waals surface area contributed by atoms with Crippen LogP contribution in [0.5, 0.6) is 6.01 Å². The summed E-state index contributed by atoms with van der Waals surface area (Å²) in [5.41, 5.74) is 2.36. The van der Waals surface area contributed by atoms with Gasteiger partial charge in [-0.2, -0.15) is 15.0 Å². The molecule has 0 bridgehead atoms. The monoisotopic (exact) mass is 265 g/mol. The summed E-state index contributed by atoms with van der Waals surface area (Å²) in [6.07, 6.45) is 3.39. The molecule has 0 aliphatic rings. The Bertz CT molecular complexity index is 500. The van der Waals surface area contributed by atoms with Gasteiger partial charge in [0.15, 0.2) is 0 Å². The van der Waals surface area contributed by atoms with E-state index in [-0.39, 0.29) is 12.0 Å². The van der Waals surface area contributed by atoms with Crippen LogP contribution in [0.25, 0.3) is 0 Å². The number of rotatable bonds is 7. The number of aromatic nitrogens is 6. The lowest BCUT2D eigenvalue weighted by atomic mass is 10.6. The second-order valence-electron chi connectivity index (χ2n) is 3.44. The molecule has 2 aromatic heterocycles. The summed E-state index contributed by atoms with van der Waals surface area (Å²) in [6.45, 7) is 3.54. The highest BCUT2D eigenvalue weighted by molar-refractivity contribution is 5.34. The van der Waals surface area contributed by atoms with Gasteiger partial charge in [-0.25, -0.2) is 5.84 Å². The lowest BCUT2D eigenvalue weighted by Crippen LogP contribution is -2.17. The van der Waals surface area contributed by atoms with Crippen molar-refractivity contribution in [2.45, 2.75) is 13.5 Å².